The molecule has 1 rings (SSSR count). The summed E-state index contributed by atoms with van der Waals surface area (Å²) < 4.78 is 36.5. The molecule has 2 unspecified atom stereocenters. The molecule has 1 aromatic heterocycles. The molecule has 0 aliphatic carbocycles. The molecule has 0 radical (unpaired) electrons. The molecule has 0 amide bonds. The van der Waals surface area contributed by atoms with Gasteiger partial charge >= 0.3 is 0 Å². The Bertz CT molecular complexity index is 426. The molecule has 6 nitrogen and oxygen atoms in total. The number of rotatable bonds is 5. The van der Waals surface area contributed by atoms with Crippen LogP contribution in [0.15, 0.2) is 17.3 Å². The maximum absolute atomic E-state index is 11.6. The van der Waals surface area contributed by atoms with Gasteiger partial charge in [0.05, 0.1) is 6.20 Å². The maximum Gasteiger partial charge on any atom is 0.257 e. The number of hydrogen-bond acceptors (Lipinski definition) is 4. The van der Waals surface area contributed by atoms with E-state index in [2.05, 4.69) is 14.9 Å². The van der Waals surface area contributed by atoms with E-state index in [9.17, 15) is 12.6 Å². The molecule has 0 aromatic carbocycles. The Kier molecular flexibility index (Phi) is 4.00. The van der Waals surface area contributed by atoms with Crippen molar-refractivity contribution in [2.45, 2.75) is 18.0 Å². The van der Waals surface area contributed by atoms with Gasteiger partial charge in [0.15, 0.2) is 5.03 Å². The number of nitrogens with one attached hydrogen (secondary N) is 2. The molecule has 1 heterocycles. The SMILES string of the molecule is CC(CS(C)=O)NS(=O)(=O)c1ccn[nH]1. The number of sulfonamides is 1. The van der Waals surface area contributed by atoms with Crippen LogP contribution >= 0.6 is 0 Å². The van der Waals surface area contributed by atoms with Crippen molar-refractivity contribution in [3.05, 3.63) is 12.3 Å². The lowest BCUT2D eigenvalue weighted by Gasteiger charge is -2.11. The number of hydrogen-bond donors (Lipinski definition) is 2. The van der Waals surface area contributed by atoms with Crippen LogP contribution in [0.4, 0.5) is 0 Å². The standard InChI is InChI=1S/C7H13N3O3S2/c1-6(5-14(2)11)10-15(12,13)7-3-4-8-9-7/h3-4,6,10H,5H2,1-2H3,(H,8,9). The second-order valence-corrected chi connectivity index (χ2v) is 6.35. The highest BCUT2D eigenvalue weighted by Crippen LogP contribution is 2.03. The van der Waals surface area contributed by atoms with Gasteiger partial charge in [-0.05, 0) is 13.0 Å². The predicted molar refractivity (Wildman–Crippen MR) is 57.3 cm³/mol. The topological polar surface area (TPSA) is 91.9 Å². The van der Waals surface area contributed by atoms with Crippen molar-refractivity contribution in [3.63, 3.8) is 0 Å². The van der Waals surface area contributed by atoms with Crippen molar-refractivity contribution in [2.75, 3.05) is 12.0 Å². The highest BCUT2D eigenvalue weighted by atomic mass is 32.2. The normalized spacial score (nSPS) is 16.1. The molecule has 0 fully saturated rings. The molecule has 15 heavy (non-hydrogen) atoms. The molecule has 0 saturated heterocycles. The smallest absolute Gasteiger partial charge is 0.257 e. The van der Waals surface area contributed by atoms with Crippen LogP contribution in [0.1, 0.15) is 6.92 Å². The van der Waals surface area contributed by atoms with Gasteiger partial charge < -0.3 is 0 Å². The molecular formula is C7H13N3O3S2. The Morgan fingerprint density at radius 3 is 2.80 bits per heavy atom. The van der Waals surface area contributed by atoms with Crippen molar-refractivity contribution in [2.24, 2.45) is 0 Å². The summed E-state index contributed by atoms with van der Waals surface area (Å²) in [4.78, 5) is 0. The lowest BCUT2D eigenvalue weighted by Crippen LogP contribution is -2.36. The van der Waals surface area contributed by atoms with Crippen molar-refractivity contribution in [3.8, 4) is 0 Å². The summed E-state index contributed by atoms with van der Waals surface area (Å²) in [5.74, 6) is 0.285. The summed E-state index contributed by atoms with van der Waals surface area (Å²) in [5.41, 5.74) is 0. The van der Waals surface area contributed by atoms with Crippen LogP contribution in [0.5, 0.6) is 0 Å². The molecule has 0 saturated carbocycles. The van der Waals surface area contributed by atoms with Gasteiger partial charge in [0, 0.05) is 28.9 Å². The van der Waals surface area contributed by atoms with Crippen LogP contribution in [0.25, 0.3) is 0 Å². The fourth-order valence-corrected chi connectivity index (χ4v) is 3.15. The molecule has 86 valence electrons. The first kappa shape index (κ1) is 12.3. The summed E-state index contributed by atoms with van der Waals surface area (Å²) in [5, 5.41) is 5.92. The van der Waals surface area contributed by atoms with Gasteiger partial charge in [0.2, 0.25) is 0 Å². The summed E-state index contributed by atoms with van der Waals surface area (Å²) >= 11 is 0. The molecule has 2 atom stereocenters. The van der Waals surface area contributed by atoms with Gasteiger partial charge in [-0.15, -0.1) is 0 Å². The highest BCUT2D eigenvalue weighted by molar-refractivity contribution is 7.89. The van der Waals surface area contributed by atoms with Crippen molar-refractivity contribution in [1.82, 2.24) is 14.9 Å². The third kappa shape index (κ3) is 3.73. The third-order valence-electron chi connectivity index (χ3n) is 1.61. The average molecular weight is 251 g/mol. The summed E-state index contributed by atoms with van der Waals surface area (Å²) in [7, 11) is -4.59. The predicted octanol–water partition coefficient (Wildman–Crippen LogP) is -0.545. The zero-order valence-corrected chi connectivity index (χ0v) is 10.1. The van der Waals surface area contributed by atoms with E-state index in [1.807, 2.05) is 0 Å². The van der Waals surface area contributed by atoms with E-state index < -0.39 is 20.8 Å². The minimum Gasteiger partial charge on any atom is -0.266 e. The molecular weight excluding hydrogens is 238 g/mol. The average Bonchev–Trinajstić information content (AvgIpc) is 2.51. The van der Waals surface area contributed by atoms with Crippen molar-refractivity contribution in [1.29, 1.82) is 0 Å². The van der Waals surface area contributed by atoms with Gasteiger partial charge in [-0.25, -0.2) is 13.1 Å². The Hall–Kier alpha value is -0.730. The number of aromatic nitrogens is 2. The summed E-state index contributed by atoms with van der Waals surface area (Å²) in [6.07, 6.45) is 2.89. The van der Waals surface area contributed by atoms with Gasteiger partial charge in [-0.1, -0.05) is 0 Å². The third-order valence-corrected chi connectivity index (χ3v) is 4.09. The number of nitrogens with zero attached hydrogens (tertiary/aromatic N) is 1. The van der Waals surface area contributed by atoms with Crippen LogP contribution in [-0.2, 0) is 20.8 Å². The Labute approximate surface area is 91.0 Å². The van der Waals surface area contributed by atoms with Gasteiger partial charge in [0.25, 0.3) is 10.0 Å². The lowest BCUT2D eigenvalue weighted by molar-refractivity contribution is 0.566. The maximum atomic E-state index is 11.6. The van der Waals surface area contributed by atoms with E-state index in [-0.39, 0.29) is 16.8 Å². The summed E-state index contributed by atoms with van der Waals surface area (Å²) in [6.45, 7) is 1.66. The fourth-order valence-electron chi connectivity index (χ4n) is 1.11. The molecule has 1 aromatic rings. The van der Waals surface area contributed by atoms with Gasteiger partial charge in [-0.2, -0.15) is 5.10 Å². The molecule has 8 heteroatoms. The molecule has 0 aliphatic rings. The minimum absolute atomic E-state index is 0.0104. The first-order valence-corrected chi connectivity index (χ1v) is 7.44. The first-order valence-electron chi connectivity index (χ1n) is 4.23. The van der Waals surface area contributed by atoms with E-state index >= 15 is 0 Å². The van der Waals surface area contributed by atoms with Crippen LogP contribution in [0, 0.1) is 0 Å². The van der Waals surface area contributed by atoms with Crippen LogP contribution in [-0.4, -0.2) is 40.9 Å². The van der Waals surface area contributed by atoms with E-state index in [0.29, 0.717) is 0 Å². The van der Waals surface area contributed by atoms with E-state index in [1.54, 1.807) is 6.92 Å². The van der Waals surface area contributed by atoms with Crippen molar-refractivity contribution >= 4 is 20.8 Å². The number of aromatic amines is 1. The van der Waals surface area contributed by atoms with Gasteiger partial charge in [-0.3, -0.25) is 9.31 Å². The Morgan fingerprint density at radius 1 is 1.67 bits per heavy atom. The van der Waals surface area contributed by atoms with E-state index in [4.69, 9.17) is 0 Å². The Balaban J connectivity index is 2.69. The van der Waals surface area contributed by atoms with Crippen LogP contribution < -0.4 is 4.72 Å². The van der Waals surface area contributed by atoms with Crippen LogP contribution in [0.3, 0.4) is 0 Å². The molecule has 2 N–H and O–H groups in total. The minimum atomic E-state index is -3.56. The highest BCUT2D eigenvalue weighted by Gasteiger charge is 2.18. The zero-order valence-electron chi connectivity index (χ0n) is 8.43. The number of H-pyrrole nitrogens is 1. The van der Waals surface area contributed by atoms with Crippen molar-refractivity contribution < 1.29 is 12.6 Å². The zero-order chi connectivity index (χ0) is 11.5. The largest absolute Gasteiger partial charge is 0.266 e. The molecule has 0 bridgehead atoms. The second-order valence-electron chi connectivity index (χ2n) is 3.18. The lowest BCUT2D eigenvalue weighted by atomic mass is 10.4. The Morgan fingerprint density at radius 2 is 2.33 bits per heavy atom. The molecule has 0 aliphatic heterocycles. The quantitative estimate of drug-likeness (QED) is 0.735. The second kappa shape index (κ2) is 4.86. The van der Waals surface area contributed by atoms with E-state index in [1.165, 1.54) is 18.5 Å². The summed E-state index contributed by atoms with van der Waals surface area (Å²) in [6, 6.07) is 0.988. The van der Waals surface area contributed by atoms with E-state index in [0.717, 1.165) is 0 Å². The van der Waals surface area contributed by atoms with Gasteiger partial charge in [0.1, 0.15) is 0 Å². The first-order chi connectivity index (χ1) is 6.92. The molecule has 0 spiro atoms. The fraction of sp³-hybridized carbons (Fsp3) is 0.571. The monoisotopic (exact) mass is 251 g/mol. The van der Waals surface area contributed by atoms with Crippen LogP contribution in [0.2, 0.25) is 0 Å².